The van der Waals surface area contributed by atoms with Crippen molar-refractivity contribution in [2.24, 2.45) is 11.8 Å². The van der Waals surface area contributed by atoms with Crippen molar-refractivity contribution in [3.63, 3.8) is 0 Å². The minimum atomic E-state index is -1.08. The average Bonchev–Trinajstić information content (AvgIpc) is 4.36. The molecule has 4 heterocycles. The summed E-state index contributed by atoms with van der Waals surface area (Å²) in [4.78, 5) is 66.5. The second-order valence-corrected chi connectivity index (χ2v) is 22.0. The van der Waals surface area contributed by atoms with Gasteiger partial charge >= 0.3 is 23.1 Å². The molecular weight excluding hydrogens is 1080 g/mol. The molecule has 83 heavy (non-hydrogen) atoms. The molecule has 0 fully saturated rings. The van der Waals surface area contributed by atoms with Crippen molar-refractivity contribution in [2.45, 2.75) is 105 Å². The molecule has 0 radical (unpaired) electrons. The highest BCUT2D eigenvalue weighted by atomic mass is 35.5. The maximum absolute atomic E-state index is 13.2. The molecule has 0 saturated carbocycles. The summed E-state index contributed by atoms with van der Waals surface area (Å²) in [5.74, 6) is 0.969. The van der Waals surface area contributed by atoms with E-state index in [0.717, 1.165) is 48.2 Å². The first-order valence-electron chi connectivity index (χ1n) is 27.2. The second kappa shape index (κ2) is 27.1. The molecule has 4 aromatic heterocycles. The standard InChI is InChI=1S/C31H32N4O5.C27H28N6O2.C4H5ClO3/c1-5-38-30(37)29-35-34-28(40-29)26-18-25(13-14-32-26)39-24-12-11-19-9-10-20(15-21(19)16-24)27(36)33-23-8-6-7-22(17-23)31(2,3)4;1-27(2,3)20-5-4-6-21(15-20)29-26(34)18-8-7-17-9-10-22(14-19(17)13-18)35-23-11-12-28-24(16-23)25-30-32-33-31-25;1-2-8-4(7)3(5)6/h6-8,11-14,16-18,20H,5,9-10,15H2,1-4H3,(H,33,36);4-6,9-12,14-16,18H,7-8,13H2,1-3H3,(H,29,34)(H,30,31,32,33);2H2,1H3. The van der Waals surface area contributed by atoms with E-state index >= 15 is 0 Å². The molecule has 2 unspecified atom stereocenters. The van der Waals surface area contributed by atoms with Gasteiger partial charge < -0.3 is 34.0 Å². The van der Waals surface area contributed by atoms with E-state index in [-0.39, 0.29) is 59.5 Å². The molecule has 0 spiro atoms. The van der Waals surface area contributed by atoms with E-state index in [1.165, 1.54) is 22.3 Å². The van der Waals surface area contributed by atoms with Crippen LogP contribution in [0.3, 0.4) is 0 Å². The van der Waals surface area contributed by atoms with E-state index in [2.05, 4.69) is 134 Å². The predicted molar refractivity (Wildman–Crippen MR) is 310 cm³/mol. The molecule has 0 bridgehead atoms. The molecule has 3 N–H and O–H groups in total. The Labute approximate surface area is 485 Å². The average molecular weight is 1150 g/mol. The van der Waals surface area contributed by atoms with Gasteiger partial charge in [-0.1, -0.05) is 77.9 Å². The Kier molecular flexibility index (Phi) is 19.5. The Hall–Kier alpha value is -9.17. The lowest BCUT2D eigenvalue weighted by Gasteiger charge is -2.25. The molecule has 2 atom stereocenters. The summed E-state index contributed by atoms with van der Waals surface area (Å²) in [6, 6.07) is 35.1. The van der Waals surface area contributed by atoms with Gasteiger partial charge in [-0.2, -0.15) is 5.21 Å². The summed E-state index contributed by atoms with van der Waals surface area (Å²) < 4.78 is 26.7. The number of esters is 2. The summed E-state index contributed by atoms with van der Waals surface area (Å²) in [5.41, 5.74) is 9.75. The smallest absolute Gasteiger partial charge is 0.396 e. The number of hydrogen-bond donors (Lipinski definition) is 3. The lowest BCUT2D eigenvalue weighted by Crippen LogP contribution is -2.28. The van der Waals surface area contributed by atoms with Crippen molar-refractivity contribution in [2.75, 3.05) is 23.8 Å². The van der Waals surface area contributed by atoms with Crippen LogP contribution in [-0.4, -0.2) is 83.0 Å². The number of aromatic nitrogens is 8. The zero-order valence-corrected chi connectivity index (χ0v) is 48.2. The maximum atomic E-state index is 13.2. The summed E-state index contributed by atoms with van der Waals surface area (Å²) >= 11 is 4.69. The zero-order valence-electron chi connectivity index (χ0n) is 47.4. The van der Waals surface area contributed by atoms with Gasteiger partial charge in [0.15, 0.2) is 0 Å². The van der Waals surface area contributed by atoms with Gasteiger partial charge in [0.05, 0.1) is 13.2 Å². The zero-order chi connectivity index (χ0) is 59.3. The van der Waals surface area contributed by atoms with E-state index in [9.17, 15) is 24.0 Å². The van der Waals surface area contributed by atoms with Gasteiger partial charge in [-0.15, -0.1) is 20.4 Å². The molecule has 4 aromatic carbocycles. The molecule has 2 aliphatic carbocycles. The third kappa shape index (κ3) is 16.5. The molecule has 430 valence electrons. The van der Waals surface area contributed by atoms with Crippen LogP contribution in [-0.2, 0) is 65.2 Å². The van der Waals surface area contributed by atoms with Crippen LogP contribution in [0, 0.1) is 11.8 Å². The number of rotatable bonds is 14. The number of benzene rings is 4. The monoisotopic (exact) mass is 1140 g/mol. The van der Waals surface area contributed by atoms with E-state index in [1.807, 2.05) is 48.5 Å². The molecule has 21 heteroatoms. The van der Waals surface area contributed by atoms with E-state index in [1.54, 1.807) is 50.5 Å². The Morgan fingerprint density at radius 1 is 0.602 bits per heavy atom. The normalized spacial score (nSPS) is 14.4. The fraction of sp³-hybridized carbons (Fsp3) is 0.323. The Balaban J connectivity index is 0.000000193. The molecule has 2 aliphatic rings. The number of aromatic amines is 1. The maximum Gasteiger partial charge on any atom is 0.396 e. The van der Waals surface area contributed by atoms with Crippen LogP contribution >= 0.6 is 11.6 Å². The van der Waals surface area contributed by atoms with E-state index in [4.69, 9.17) is 30.2 Å². The highest BCUT2D eigenvalue weighted by Gasteiger charge is 2.28. The van der Waals surface area contributed by atoms with Crippen LogP contribution in [0.5, 0.6) is 23.0 Å². The van der Waals surface area contributed by atoms with E-state index < -0.39 is 17.2 Å². The fourth-order valence-corrected chi connectivity index (χ4v) is 9.23. The summed E-state index contributed by atoms with van der Waals surface area (Å²) in [6.07, 6.45) is 7.85. The number of ether oxygens (including phenoxy) is 4. The number of amides is 2. The third-order valence-corrected chi connectivity index (χ3v) is 13.7. The number of pyridine rings is 2. The number of nitrogens with zero attached hydrogens (tertiary/aromatic N) is 7. The number of aryl methyl sites for hydroxylation is 2. The summed E-state index contributed by atoms with van der Waals surface area (Å²) in [6.45, 7) is 16.7. The minimum absolute atomic E-state index is 0.00738. The van der Waals surface area contributed by atoms with E-state index in [0.29, 0.717) is 53.1 Å². The number of H-pyrrole nitrogens is 1. The number of hydrogen-bond acceptors (Lipinski definition) is 17. The number of nitrogens with one attached hydrogen (secondary N) is 3. The molecule has 8 aromatic rings. The van der Waals surface area contributed by atoms with Gasteiger partial charge in [-0.05, 0) is 174 Å². The van der Waals surface area contributed by atoms with Crippen LogP contribution in [0.25, 0.3) is 23.1 Å². The highest BCUT2D eigenvalue weighted by Crippen LogP contribution is 2.35. The molecule has 20 nitrogen and oxygen atoms in total. The van der Waals surface area contributed by atoms with Gasteiger partial charge in [-0.25, -0.2) is 9.59 Å². The van der Waals surface area contributed by atoms with Gasteiger partial charge in [0.1, 0.15) is 34.4 Å². The van der Waals surface area contributed by atoms with Crippen LogP contribution in [0.4, 0.5) is 11.4 Å². The number of fused-ring (bicyclic) bond motifs is 2. The van der Waals surface area contributed by atoms with Gasteiger partial charge in [0, 0.05) is 47.7 Å². The van der Waals surface area contributed by atoms with Gasteiger partial charge in [-0.3, -0.25) is 24.4 Å². The number of carbonyl (C=O) groups is 5. The Morgan fingerprint density at radius 2 is 1.11 bits per heavy atom. The lowest BCUT2D eigenvalue weighted by molar-refractivity contribution is -0.149. The highest BCUT2D eigenvalue weighted by molar-refractivity contribution is 6.80. The van der Waals surface area contributed by atoms with Crippen LogP contribution in [0.2, 0.25) is 0 Å². The number of halogens is 1. The van der Waals surface area contributed by atoms with Gasteiger partial charge in [0.25, 0.3) is 5.89 Å². The number of tetrazole rings is 1. The van der Waals surface area contributed by atoms with Gasteiger partial charge in [0.2, 0.25) is 17.6 Å². The van der Waals surface area contributed by atoms with Crippen LogP contribution in [0.1, 0.15) is 112 Å². The number of carbonyl (C=O) groups excluding carboxylic acids is 5. The predicted octanol–water partition coefficient (Wildman–Crippen LogP) is 11.6. The quantitative estimate of drug-likeness (QED) is 0.0519. The van der Waals surface area contributed by atoms with Crippen molar-refractivity contribution in [3.8, 4) is 46.1 Å². The molecule has 10 rings (SSSR count). The van der Waals surface area contributed by atoms with Crippen molar-refractivity contribution in [3.05, 3.63) is 161 Å². The molecule has 0 saturated heterocycles. The van der Waals surface area contributed by atoms with Crippen LogP contribution < -0.4 is 20.1 Å². The first-order chi connectivity index (χ1) is 39.7. The summed E-state index contributed by atoms with van der Waals surface area (Å²) in [7, 11) is 0. The second-order valence-electron chi connectivity index (χ2n) is 21.7. The molecule has 0 aliphatic heterocycles. The lowest BCUT2D eigenvalue weighted by atomic mass is 9.83. The topological polar surface area (TPSA) is 265 Å². The van der Waals surface area contributed by atoms with Crippen molar-refractivity contribution < 1.29 is 47.3 Å². The number of anilines is 2. The van der Waals surface area contributed by atoms with Crippen molar-refractivity contribution in [1.82, 2.24) is 40.8 Å². The largest absolute Gasteiger partial charge is 0.459 e. The summed E-state index contributed by atoms with van der Waals surface area (Å²) in [5, 5.41) is 26.7. The Morgan fingerprint density at radius 3 is 1.58 bits per heavy atom. The third-order valence-electron chi connectivity index (χ3n) is 13.6. The van der Waals surface area contributed by atoms with Crippen molar-refractivity contribution in [1.29, 1.82) is 0 Å². The molecular formula is C62H65ClN10O10. The van der Waals surface area contributed by atoms with Crippen LogP contribution in [0.15, 0.2) is 126 Å². The Bertz CT molecular complexity index is 3590. The SMILES string of the molecule is CC(C)(C)c1cccc(NC(=O)C2CCc3ccc(Oc4ccnc(-c5nn[nH]n5)c4)cc3C2)c1.CCOC(=O)C(=O)Cl.CCOC(=O)c1nnc(-c2cc(Oc3ccc4c(c3)CC(C(=O)Nc3cccc(C(C)(C)C)c3)CC4)ccn2)o1. The molecule has 2 amide bonds. The van der Waals surface area contributed by atoms with Crippen molar-refractivity contribution >= 4 is 52.0 Å². The first-order valence-corrected chi connectivity index (χ1v) is 27.6. The fourth-order valence-electron chi connectivity index (χ4n) is 9.18. The first kappa shape index (κ1) is 59.9. The minimum Gasteiger partial charge on any atom is -0.459 e.